The van der Waals surface area contributed by atoms with Gasteiger partial charge in [-0.2, -0.15) is 0 Å². The van der Waals surface area contributed by atoms with E-state index in [1.54, 1.807) is 18.5 Å². The fourth-order valence-electron chi connectivity index (χ4n) is 3.01. The Morgan fingerprint density at radius 1 is 0.889 bits per heavy atom. The van der Waals surface area contributed by atoms with E-state index in [9.17, 15) is 0 Å². The van der Waals surface area contributed by atoms with E-state index in [-0.39, 0.29) is 12.4 Å². The van der Waals surface area contributed by atoms with E-state index >= 15 is 0 Å². The first-order chi connectivity index (χ1) is 8.26. The van der Waals surface area contributed by atoms with Crippen molar-refractivity contribution < 1.29 is 4.74 Å². The van der Waals surface area contributed by atoms with Crippen molar-refractivity contribution in [3.63, 3.8) is 0 Å². The van der Waals surface area contributed by atoms with Crippen LogP contribution in [0.25, 0.3) is 0 Å². The predicted octanol–water partition coefficient (Wildman–Crippen LogP) is 4.96. The monoisotopic (exact) mass is 296 g/mol. The van der Waals surface area contributed by atoms with Crippen LogP contribution in [-0.4, -0.2) is 37.4 Å². The van der Waals surface area contributed by atoms with Gasteiger partial charge in [0, 0.05) is 0 Å². The number of unbranched alkanes of at least 4 members (excludes halogenated alkanes) is 3. The quantitative estimate of drug-likeness (QED) is 0.388. The van der Waals surface area contributed by atoms with Gasteiger partial charge in [-0.05, 0) is 0 Å². The summed E-state index contributed by atoms with van der Waals surface area (Å²) in [6, 6.07) is 0. The van der Waals surface area contributed by atoms with Gasteiger partial charge in [0.25, 0.3) is 0 Å². The van der Waals surface area contributed by atoms with Crippen LogP contribution in [0.4, 0.5) is 0 Å². The van der Waals surface area contributed by atoms with Crippen LogP contribution in [0.5, 0.6) is 0 Å². The summed E-state index contributed by atoms with van der Waals surface area (Å²) in [4.78, 5) is 0. The van der Waals surface area contributed by atoms with Gasteiger partial charge in [0.2, 0.25) is 0 Å². The average molecular weight is 297 g/mol. The SMILES string of the molecule is CCCC[PH](CCCC)(CCCC)CC1CO1.Cl. The Kier molecular flexibility index (Phi) is 10.9. The van der Waals surface area contributed by atoms with Crippen LogP contribution in [0.15, 0.2) is 0 Å². The number of hydrogen-bond acceptors (Lipinski definition) is 1. The number of epoxide rings is 1. The summed E-state index contributed by atoms with van der Waals surface area (Å²) < 4.78 is 5.54. The molecule has 18 heavy (non-hydrogen) atoms. The first kappa shape index (κ1) is 18.7. The molecule has 0 radical (unpaired) electrons. The third-order valence-corrected chi connectivity index (χ3v) is 9.81. The standard InChI is InChI=1S/C15H33OP.ClH/c1-4-7-10-17(11-8-5-2,12-9-6-3)14-15-13-16-15;/h15,17H,4-14H2,1-3H3;1H. The molecule has 0 aliphatic carbocycles. The minimum atomic E-state index is -0.984. The van der Waals surface area contributed by atoms with Crippen molar-refractivity contribution in [3.8, 4) is 0 Å². The van der Waals surface area contributed by atoms with Crippen molar-refractivity contribution in [2.45, 2.75) is 65.4 Å². The second kappa shape index (κ2) is 10.5. The molecule has 1 rings (SSSR count). The van der Waals surface area contributed by atoms with E-state index in [4.69, 9.17) is 4.74 Å². The molecule has 3 heteroatoms. The van der Waals surface area contributed by atoms with E-state index in [0.29, 0.717) is 6.10 Å². The van der Waals surface area contributed by atoms with Gasteiger partial charge in [-0.3, -0.25) is 0 Å². The fourth-order valence-corrected chi connectivity index (χ4v) is 8.88. The van der Waals surface area contributed by atoms with Gasteiger partial charge >= 0.3 is 109 Å². The van der Waals surface area contributed by atoms with Crippen LogP contribution in [0.3, 0.4) is 0 Å². The molecule has 1 saturated heterocycles. The van der Waals surface area contributed by atoms with Crippen molar-refractivity contribution in [2.75, 3.05) is 31.3 Å². The maximum atomic E-state index is 5.54. The van der Waals surface area contributed by atoms with Crippen LogP contribution in [0.1, 0.15) is 59.3 Å². The maximum absolute atomic E-state index is 5.54. The van der Waals surface area contributed by atoms with Crippen LogP contribution in [0, 0.1) is 0 Å². The van der Waals surface area contributed by atoms with Gasteiger partial charge in [0.1, 0.15) is 0 Å². The Labute approximate surface area is 121 Å². The normalized spacial score (nSPS) is 19.4. The zero-order valence-corrected chi connectivity index (χ0v) is 14.5. The smallest absolute Gasteiger partial charge is 0.147 e. The molecule has 1 unspecified atom stereocenters. The van der Waals surface area contributed by atoms with Crippen molar-refractivity contribution in [1.29, 1.82) is 0 Å². The van der Waals surface area contributed by atoms with Crippen molar-refractivity contribution >= 4 is 19.7 Å². The predicted molar refractivity (Wildman–Crippen MR) is 89.5 cm³/mol. The van der Waals surface area contributed by atoms with E-state index in [2.05, 4.69) is 20.8 Å². The molecule has 1 fully saturated rings. The topological polar surface area (TPSA) is 12.5 Å². The zero-order valence-electron chi connectivity index (χ0n) is 12.7. The Morgan fingerprint density at radius 3 is 1.56 bits per heavy atom. The Bertz CT molecular complexity index is 173. The summed E-state index contributed by atoms with van der Waals surface area (Å²) >= 11 is 0. The molecule has 1 atom stereocenters. The number of rotatable bonds is 11. The van der Waals surface area contributed by atoms with Gasteiger partial charge in [-0.25, -0.2) is 0 Å². The fraction of sp³-hybridized carbons (Fsp3) is 1.00. The molecule has 1 nitrogen and oxygen atoms in total. The first-order valence-electron chi connectivity index (χ1n) is 7.88. The molecule has 0 amide bonds. The average Bonchev–Trinajstić information content (AvgIpc) is 3.15. The molecular formula is C15H34ClOP. The van der Waals surface area contributed by atoms with Crippen LogP contribution in [-0.2, 0) is 4.74 Å². The van der Waals surface area contributed by atoms with Gasteiger partial charge in [0.05, 0.1) is 0 Å². The summed E-state index contributed by atoms with van der Waals surface area (Å²) in [7, 11) is -0.984. The molecule has 0 aromatic carbocycles. The van der Waals surface area contributed by atoms with Crippen LogP contribution < -0.4 is 0 Å². The third kappa shape index (κ3) is 7.31. The van der Waals surface area contributed by atoms with Gasteiger partial charge in [-0.15, -0.1) is 12.4 Å². The van der Waals surface area contributed by atoms with E-state index in [0.717, 1.165) is 6.61 Å². The molecular weight excluding hydrogens is 263 g/mol. The molecule has 0 aromatic heterocycles. The minimum absolute atomic E-state index is 0. The number of halogens is 1. The molecule has 112 valence electrons. The largest absolute Gasteiger partial charge is 0.147 e. The summed E-state index contributed by atoms with van der Waals surface area (Å²) in [5.41, 5.74) is 0. The molecule has 0 spiro atoms. The third-order valence-electron chi connectivity index (χ3n) is 4.25. The maximum Gasteiger partial charge on any atom is -0.147 e. The van der Waals surface area contributed by atoms with Gasteiger partial charge < -0.3 is 0 Å². The van der Waals surface area contributed by atoms with Crippen LogP contribution in [0.2, 0.25) is 0 Å². The molecule has 0 saturated carbocycles. The summed E-state index contributed by atoms with van der Waals surface area (Å²) in [5.74, 6) is 0. The van der Waals surface area contributed by atoms with Crippen molar-refractivity contribution in [2.24, 2.45) is 0 Å². The Morgan fingerprint density at radius 2 is 1.28 bits per heavy atom. The molecule has 0 aromatic rings. The summed E-state index contributed by atoms with van der Waals surface area (Å²) in [6.45, 7) is 8.09. The van der Waals surface area contributed by atoms with Crippen LogP contribution >= 0.6 is 19.7 Å². The molecule has 1 aliphatic heterocycles. The van der Waals surface area contributed by atoms with E-state index in [1.807, 2.05) is 0 Å². The second-order valence-corrected chi connectivity index (χ2v) is 10.9. The first-order valence-corrected chi connectivity index (χ1v) is 10.7. The zero-order chi connectivity index (χ0) is 12.6. The number of hydrogen-bond donors (Lipinski definition) is 0. The molecule has 0 bridgehead atoms. The Hall–Kier alpha value is 0.680. The van der Waals surface area contributed by atoms with Gasteiger partial charge in [0.15, 0.2) is 0 Å². The summed E-state index contributed by atoms with van der Waals surface area (Å²) in [5, 5.41) is 0. The van der Waals surface area contributed by atoms with Crippen molar-refractivity contribution in [1.82, 2.24) is 0 Å². The van der Waals surface area contributed by atoms with E-state index in [1.165, 1.54) is 44.7 Å². The Balaban J connectivity index is 0.00000289. The van der Waals surface area contributed by atoms with Gasteiger partial charge in [-0.1, -0.05) is 0 Å². The second-order valence-electron chi connectivity index (χ2n) is 5.97. The molecule has 1 heterocycles. The van der Waals surface area contributed by atoms with E-state index < -0.39 is 7.26 Å². The minimum Gasteiger partial charge on any atom is -0.147 e. The molecule has 0 N–H and O–H groups in total. The summed E-state index contributed by atoms with van der Waals surface area (Å²) in [6.07, 6.45) is 15.4. The number of ether oxygens (including phenoxy) is 1. The van der Waals surface area contributed by atoms with Crippen molar-refractivity contribution in [3.05, 3.63) is 0 Å². The molecule has 1 aliphatic rings.